The van der Waals surface area contributed by atoms with E-state index in [2.05, 4.69) is 10.5 Å². The van der Waals surface area contributed by atoms with Gasteiger partial charge in [0, 0.05) is 18.7 Å². The van der Waals surface area contributed by atoms with Gasteiger partial charge in [-0.05, 0) is 37.0 Å². The van der Waals surface area contributed by atoms with Crippen LogP contribution in [0.4, 0.5) is 0 Å². The normalized spacial score (nSPS) is 14.1. The molecule has 2 amide bonds. The van der Waals surface area contributed by atoms with Gasteiger partial charge in [-0.25, -0.2) is 5.43 Å². The number of amides is 2. The zero-order valence-corrected chi connectivity index (χ0v) is 15.1. The van der Waals surface area contributed by atoms with Crippen LogP contribution in [0.3, 0.4) is 0 Å². The van der Waals surface area contributed by atoms with Gasteiger partial charge in [0.05, 0.1) is 6.21 Å². The molecule has 0 unspecified atom stereocenters. The van der Waals surface area contributed by atoms with Crippen molar-refractivity contribution < 1.29 is 14.3 Å². The minimum absolute atomic E-state index is 0.436. The molecule has 1 N–H and O–H groups in total. The van der Waals surface area contributed by atoms with Gasteiger partial charge < -0.3 is 9.64 Å². The molecule has 1 saturated heterocycles. The minimum Gasteiger partial charge on any atom is -0.488 e. The van der Waals surface area contributed by atoms with Gasteiger partial charge in [0.1, 0.15) is 12.4 Å². The van der Waals surface area contributed by atoms with E-state index in [1.165, 1.54) is 6.21 Å². The molecule has 6 heteroatoms. The molecule has 1 heterocycles. The Labute approximate surface area is 158 Å². The lowest BCUT2D eigenvalue weighted by Gasteiger charge is -2.25. The van der Waals surface area contributed by atoms with Gasteiger partial charge >= 0.3 is 11.8 Å². The second kappa shape index (κ2) is 9.52. The van der Waals surface area contributed by atoms with E-state index in [4.69, 9.17) is 4.74 Å². The number of hydrogen-bond donors (Lipinski definition) is 1. The summed E-state index contributed by atoms with van der Waals surface area (Å²) in [5, 5.41) is 3.92. The molecule has 2 aromatic carbocycles. The van der Waals surface area contributed by atoms with Crippen molar-refractivity contribution in [2.45, 2.75) is 25.9 Å². The van der Waals surface area contributed by atoms with Gasteiger partial charge in [0.15, 0.2) is 0 Å². The highest BCUT2D eigenvalue weighted by Crippen LogP contribution is 2.17. The summed E-state index contributed by atoms with van der Waals surface area (Å²) >= 11 is 0. The van der Waals surface area contributed by atoms with Gasteiger partial charge in [-0.2, -0.15) is 5.10 Å². The van der Waals surface area contributed by atoms with E-state index in [1.807, 2.05) is 54.6 Å². The molecular weight excluding hydrogens is 342 g/mol. The molecule has 0 aliphatic carbocycles. The number of para-hydroxylation sites is 1. The lowest BCUT2D eigenvalue weighted by atomic mass is 10.1. The van der Waals surface area contributed by atoms with E-state index in [0.717, 1.165) is 30.4 Å². The number of hydrogen-bond acceptors (Lipinski definition) is 4. The second-order valence-corrected chi connectivity index (χ2v) is 6.36. The average molecular weight is 365 g/mol. The van der Waals surface area contributed by atoms with Crippen molar-refractivity contribution in [1.82, 2.24) is 10.3 Å². The first-order chi connectivity index (χ1) is 13.2. The topological polar surface area (TPSA) is 71.0 Å². The van der Waals surface area contributed by atoms with Gasteiger partial charge in [0.25, 0.3) is 0 Å². The summed E-state index contributed by atoms with van der Waals surface area (Å²) in [5.41, 5.74) is 4.09. The quantitative estimate of drug-likeness (QED) is 0.503. The largest absolute Gasteiger partial charge is 0.488 e. The van der Waals surface area contributed by atoms with E-state index in [0.29, 0.717) is 25.4 Å². The number of benzene rings is 2. The van der Waals surface area contributed by atoms with E-state index in [9.17, 15) is 9.59 Å². The Hall–Kier alpha value is -3.15. The summed E-state index contributed by atoms with van der Waals surface area (Å²) in [4.78, 5) is 25.6. The Balaban J connectivity index is 1.56. The minimum atomic E-state index is -0.712. The summed E-state index contributed by atoms with van der Waals surface area (Å²) in [7, 11) is 0. The first kappa shape index (κ1) is 18.6. The maximum Gasteiger partial charge on any atom is 0.329 e. The lowest BCUT2D eigenvalue weighted by molar-refractivity contribution is -0.146. The van der Waals surface area contributed by atoms with Crippen LogP contribution in [0.1, 0.15) is 30.4 Å². The van der Waals surface area contributed by atoms with Crippen LogP contribution in [0.25, 0.3) is 0 Å². The molecule has 2 aromatic rings. The van der Waals surface area contributed by atoms with E-state index >= 15 is 0 Å². The molecule has 140 valence electrons. The van der Waals surface area contributed by atoms with Crippen molar-refractivity contribution in [1.29, 1.82) is 0 Å². The Morgan fingerprint density at radius 1 is 1.00 bits per heavy atom. The lowest BCUT2D eigenvalue weighted by Crippen LogP contribution is -2.43. The number of rotatable bonds is 5. The van der Waals surface area contributed by atoms with Crippen molar-refractivity contribution in [2.75, 3.05) is 13.1 Å². The van der Waals surface area contributed by atoms with Crippen molar-refractivity contribution in [3.8, 4) is 5.75 Å². The Morgan fingerprint density at radius 3 is 2.48 bits per heavy atom. The fourth-order valence-corrected chi connectivity index (χ4v) is 2.90. The van der Waals surface area contributed by atoms with Crippen molar-refractivity contribution in [2.24, 2.45) is 5.10 Å². The zero-order chi connectivity index (χ0) is 18.9. The third-order valence-electron chi connectivity index (χ3n) is 4.36. The molecule has 0 radical (unpaired) electrons. The molecule has 1 aliphatic rings. The molecule has 3 rings (SSSR count). The molecule has 0 aromatic heterocycles. The van der Waals surface area contributed by atoms with Crippen LogP contribution in [0, 0.1) is 0 Å². The fourth-order valence-electron chi connectivity index (χ4n) is 2.90. The Morgan fingerprint density at radius 2 is 1.70 bits per heavy atom. The molecule has 0 atom stereocenters. The molecule has 6 nitrogen and oxygen atoms in total. The molecule has 27 heavy (non-hydrogen) atoms. The third kappa shape index (κ3) is 5.41. The molecule has 0 spiro atoms. The second-order valence-electron chi connectivity index (χ2n) is 6.36. The number of nitrogens with one attached hydrogen (secondary N) is 1. The number of hydrazone groups is 1. The fraction of sp³-hybridized carbons (Fsp3) is 0.286. The summed E-state index contributed by atoms with van der Waals surface area (Å²) in [6.07, 6.45) is 4.47. The molecule has 1 fully saturated rings. The SMILES string of the molecule is O=C(NN=Cc1ccccc1OCc1ccccc1)C(=O)N1CCCCC1. The van der Waals surface area contributed by atoms with Crippen molar-refractivity contribution >= 4 is 18.0 Å². The molecule has 0 bridgehead atoms. The number of piperidine rings is 1. The maximum absolute atomic E-state index is 12.1. The van der Waals surface area contributed by atoms with Crippen LogP contribution in [0.2, 0.25) is 0 Å². The highest BCUT2D eigenvalue weighted by atomic mass is 16.5. The first-order valence-electron chi connectivity index (χ1n) is 9.12. The summed E-state index contributed by atoms with van der Waals surface area (Å²) in [6, 6.07) is 17.3. The van der Waals surface area contributed by atoms with Crippen LogP contribution >= 0.6 is 0 Å². The predicted octanol–water partition coefficient (Wildman–Crippen LogP) is 2.73. The van der Waals surface area contributed by atoms with Crippen LogP contribution in [0.15, 0.2) is 59.7 Å². The monoisotopic (exact) mass is 365 g/mol. The van der Waals surface area contributed by atoms with E-state index in [1.54, 1.807) is 4.90 Å². The summed E-state index contributed by atoms with van der Waals surface area (Å²) < 4.78 is 5.84. The number of ether oxygens (including phenoxy) is 1. The van der Waals surface area contributed by atoms with Gasteiger partial charge in [-0.3, -0.25) is 9.59 Å². The van der Waals surface area contributed by atoms with Crippen molar-refractivity contribution in [3.63, 3.8) is 0 Å². The van der Waals surface area contributed by atoms with Gasteiger partial charge in [-0.1, -0.05) is 42.5 Å². The Bertz CT molecular complexity index is 799. The number of carbonyl (C=O) groups is 2. The molecule has 1 aliphatic heterocycles. The standard InChI is InChI=1S/C21H23N3O3/c25-20(21(26)24-13-7-2-8-14-24)23-22-15-18-11-5-6-12-19(18)27-16-17-9-3-1-4-10-17/h1,3-6,9-12,15H,2,7-8,13-14,16H2,(H,23,25). The third-order valence-corrected chi connectivity index (χ3v) is 4.36. The highest BCUT2D eigenvalue weighted by Gasteiger charge is 2.22. The zero-order valence-electron chi connectivity index (χ0n) is 15.1. The van der Waals surface area contributed by atoms with Crippen LogP contribution in [-0.4, -0.2) is 36.0 Å². The molecular formula is C21H23N3O3. The summed E-state index contributed by atoms with van der Waals surface area (Å²) in [6.45, 7) is 1.70. The smallest absolute Gasteiger partial charge is 0.329 e. The highest BCUT2D eigenvalue weighted by molar-refractivity contribution is 6.35. The molecule has 0 saturated carbocycles. The first-order valence-corrected chi connectivity index (χ1v) is 9.12. The van der Waals surface area contributed by atoms with Crippen molar-refractivity contribution in [3.05, 3.63) is 65.7 Å². The Kier molecular flexibility index (Phi) is 6.57. The average Bonchev–Trinajstić information content (AvgIpc) is 2.74. The summed E-state index contributed by atoms with van der Waals surface area (Å²) in [5.74, 6) is -0.585. The van der Waals surface area contributed by atoms with Crippen LogP contribution in [-0.2, 0) is 16.2 Å². The number of carbonyl (C=O) groups excluding carboxylic acids is 2. The predicted molar refractivity (Wildman–Crippen MR) is 103 cm³/mol. The van der Waals surface area contributed by atoms with Crippen LogP contribution < -0.4 is 10.2 Å². The van der Waals surface area contributed by atoms with Gasteiger partial charge in [-0.15, -0.1) is 0 Å². The maximum atomic E-state index is 12.1. The van der Waals surface area contributed by atoms with Gasteiger partial charge in [0.2, 0.25) is 0 Å². The van der Waals surface area contributed by atoms with E-state index < -0.39 is 11.8 Å². The number of nitrogens with zero attached hydrogens (tertiary/aromatic N) is 2. The van der Waals surface area contributed by atoms with Crippen LogP contribution in [0.5, 0.6) is 5.75 Å². The van der Waals surface area contributed by atoms with E-state index in [-0.39, 0.29) is 0 Å². The number of likely N-dealkylation sites (tertiary alicyclic amines) is 1.